The Morgan fingerprint density at radius 1 is 1.41 bits per heavy atom. The quantitative estimate of drug-likeness (QED) is 0.672. The van der Waals surface area contributed by atoms with Crippen molar-refractivity contribution in [3.63, 3.8) is 0 Å². The molecular weight excluding hydrogens is 284 g/mol. The molecular formula is C11H11BrN4O. The van der Waals surface area contributed by atoms with Gasteiger partial charge in [-0.05, 0) is 25.1 Å². The number of nitrogen functional groups attached to an aromatic ring is 1. The van der Waals surface area contributed by atoms with Gasteiger partial charge in [-0.2, -0.15) is 4.98 Å². The molecule has 0 amide bonds. The largest absolute Gasteiger partial charge is 0.439 e. The molecule has 0 saturated heterocycles. The van der Waals surface area contributed by atoms with Gasteiger partial charge in [0.05, 0.1) is 0 Å². The van der Waals surface area contributed by atoms with Crippen LogP contribution in [0.15, 0.2) is 34.9 Å². The average Bonchev–Trinajstić information content (AvgIpc) is 2.32. The number of aryl methyl sites for hydroxylation is 1. The summed E-state index contributed by atoms with van der Waals surface area (Å²) in [6.07, 6.45) is 1.65. The second-order valence-electron chi connectivity index (χ2n) is 3.39. The van der Waals surface area contributed by atoms with Crippen LogP contribution < -0.4 is 16.0 Å². The van der Waals surface area contributed by atoms with Crippen LogP contribution in [-0.2, 0) is 0 Å². The van der Waals surface area contributed by atoms with Crippen molar-refractivity contribution in [1.82, 2.24) is 9.97 Å². The Morgan fingerprint density at radius 3 is 2.94 bits per heavy atom. The fourth-order valence-corrected chi connectivity index (χ4v) is 1.62. The second kappa shape index (κ2) is 5.11. The number of ether oxygens (including phenoxy) is 1. The first-order valence-electron chi connectivity index (χ1n) is 4.92. The third kappa shape index (κ3) is 2.92. The molecule has 88 valence electrons. The van der Waals surface area contributed by atoms with E-state index in [-0.39, 0.29) is 0 Å². The molecule has 17 heavy (non-hydrogen) atoms. The zero-order valence-corrected chi connectivity index (χ0v) is 10.7. The predicted molar refractivity (Wildman–Crippen MR) is 68.8 cm³/mol. The lowest BCUT2D eigenvalue weighted by molar-refractivity contribution is 0.458. The summed E-state index contributed by atoms with van der Waals surface area (Å²) in [5.41, 5.74) is 3.22. The average molecular weight is 295 g/mol. The number of hydrazine groups is 1. The molecule has 0 fully saturated rings. The maximum atomic E-state index is 5.66. The Kier molecular flexibility index (Phi) is 3.55. The number of aromatic nitrogens is 2. The van der Waals surface area contributed by atoms with E-state index in [4.69, 9.17) is 10.6 Å². The number of rotatable bonds is 3. The topological polar surface area (TPSA) is 73.1 Å². The molecule has 0 saturated carbocycles. The zero-order valence-electron chi connectivity index (χ0n) is 9.14. The number of hydrogen-bond donors (Lipinski definition) is 2. The summed E-state index contributed by atoms with van der Waals surface area (Å²) in [5.74, 6) is 6.74. The first kappa shape index (κ1) is 11.8. The Morgan fingerprint density at radius 2 is 2.24 bits per heavy atom. The minimum atomic E-state index is 0.320. The molecule has 1 aromatic carbocycles. The van der Waals surface area contributed by atoms with Crippen molar-refractivity contribution in [1.29, 1.82) is 0 Å². The fourth-order valence-electron chi connectivity index (χ4n) is 1.24. The van der Waals surface area contributed by atoms with E-state index in [2.05, 4.69) is 31.3 Å². The lowest BCUT2D eigenvalue weighted by atomic mass is 10.3. The molecule has 0 unspecified atom stereocenters. The number of nitrogens with zero attached hydrogens (tertiary/aromatic N) is 2. The van der Waals surface area contributed by atoms with E-state index in [0.717, 1.165) is 10.0 Å². The smallest absolute Gasteiger partial charge is 0.240 e. The standard InChI is InChI=1S/C11H11BrN4O/c1-7-6-14-11(16-13)15-10(7)17-9-4-2-3-8(12)5-9/h2-6H,13H2,1H3,(H,14,15,16). The van der Waals surface area contributed by atoms with Crippen LogP contribution in [0.5, 0.6) is 11.6 Å². The van der Waals surface area contributed by atoms with E-state index in [1.54, 1.807) is 6.20 Å². The molecule has 0 aliphatic rings. The molecule has 5 nitrogen and oxygen atoms in total. The van der Waals surface area contributed by atoms with Crippen molar-refractivity contribution in [2.75, 3.05) is 5.43 Å². The van der Waals surface area contributed by atoms with E-state index in [9.17, 15) is 0 Å². The van der Waals surface area contributed by atoms with E-state index in [1.807, 2.05) is 31.2 Å². The van der Waals surface area contributed by atoms with Crippen molar-refractivity contribution >= 4 is 21.9 Å². The molecule has 3 N–H and O–H groups in total. The molecule has 1 aromatic heterocycles. The summed E-state index contributed by atoms with van der Waals surface area (Å²) in [5, 5.41) is 0. The van der Waals surface area contributed by atoms with Crippen molar-refractivity contribution in [2.45, 2.75) is 6.92 Å². The fraction of sp³-hybridized carbons (Fsp3) is 0.0909. The maximum Gasteiger partial charge on any atom is 0.240 e. The first-order valence-corrected chi connectivity index (χ1v) is 5.72. The lowest BCUT2D eigenvalue weighted by Crippen LogP contribution is -2.11. The zero-order chi connectivity index (χ0) is 12.3. The van der Waals surface area contributed by atoms with Crippen molar-refractivity contribution in [2.24, 2.45) is 5.84 Å². The first-order chi connectivity index (χ1) is 8.19. The van der Waals surface area contributed by atoms with Crippen LogP contribution in [0.4, 0.5) is 5.95 Å². The van der Waals surface area contributed by atoms with E-state index in [0.29, 0.717) is 17.6 Å². The third-order valence-electron chi connectivity index (χ3n) is 2.06. The minimum Gasteiger partial charge on any atom is -0.439 e. The molecule has 0 aliphatic carbocycles. The molecule has 6 heteroatoms. The van der Waals surface area contributed by atoms with Gasteiger partial charge < -0.3 is 4.74 Å². The van der Waals surface area contributed by atoms with Crippen LogP contribution in [-0.4, -0.2) is 9.97 Å². The van der Waals surface area contributed by atoms with Crippen LogP contribution in [0.25, 0.3) is 0 Å². The van der Waals surface area contributed by atoms with Gasteiger partial charge in [0.15, 0.2) is 0 Å². The van der Waals surface area contributed by atoms with Gasteiger partial charge >= 0.3 is 0 Å². The van der Waals surface area contributed by atoms with Gasteiger partial charge in [-0.15, -0.1) is 0 Å². The van der Waals surface area contributed by atoms with Gasteiger partial charge in [-0.25, -0.2) is 10.8 Å². The number of hydrogen-bond acceptors (Lipinski definition) is 5. The molecule has 0 spiro atoms. The Bertz CT molecular complexity index is 533. The Balaban J connectivity index is 2.29. The molecule has 0 aliphatic heterocycles. The summed E-state index contributed by atoms with van der Waals surface area (Å²) in [6.45, 7) is 1.87. The van der Waals surface area contributed by atoms with E-state index in [1.165, 1.54) is 0 Å². The number of nitrogens with two attached hydrogens (primary N) is 1. The van der Waals surface area contributed by atoms with Crippen LogP contribution in [0.3, 0.4) is 0 Å². The SMILES string of the molecule is Cc1cnc(NN)nc1Oc1cccc(Br)c1. The highest BCUT2D eigenvalue weighted by Gasteiger charge is 2.05. The summed E-state index contributed by atoms with van der Waals surface area (Å²) in [7, 11) is 0. The number of nitrogens with one attached hydrogen (secondary N) is 1. The van der Waals surface area contributed by atoms with Gasteiger partial charge in [0.2, 0.25) is 11.8 Å². The van der Waals surface area contributed by atoms with Gasteiger partial charge in [0, 0.05) is 16.2 Å². The number of benzene rings is 1. The van der Waals surface area contributed by atoms with Crippen LogP contribution in [0.2, 0.25) is 0 Å². The van der Waals surface area contributed by atoms with Crippen LogP contribution in [0, 0.1) is 6.92 Å². The summed E-state index contributed by atoms with van der Waals surface area (Å²) < 4.78 is 6.60. The van der Waals surface area contributed by atoms with Gasteiger partial charge in [-0.1, -0.05) is 22.0 Å². The summed E-state index contributed by atoms with van der Waals surface area (Å²) >= 11 is 3.38. The molecule has 2 aromatic rings. The highest BCUT2D eigenvalue weighted by molar-refractivity contribution is 9.10. The molecule has 1 heterocycles. The maximum absolute atomic E-state index is 5.66. The van der Waals surface area contributed by atoms with Gasteiger partial charge in [-0.3, -0.25) is 5.43 Å². The van der Waals surface area contributed by atoms with Crippen molar-refractivity contribution in [3.8, 4) is 11.6 Å². The van der Waals surface area contributed by atoms with Gasteiger partial charge in [0.1, 0.15) is 5.75 Å². The Labute approximate surface area is 107 Å². The highest BCUT2D eigenvalue weighted by atomic mass is 79.9. The molecule has 0 radical (unpaired) electrons. The predicted octanol–water partition coefficient (Wildman–Crippen LogP) is 2.63. The minimum absolute atomic E-state index is 0.320. The summed E-state index contributed by atoms with van der Waals surface area (Å²) in [6, 6.07) is 7.52. The molecule has 2 rings (SSSR count). The second-order valence-corrected chi connectivity index (χ2v) is 4.30. The number of anilines is 1. The van der Waals surface area contributed by atoms with Crippen LogP contribution >= 0.6 is 15.9 Å². The summed E-state index contributed by atoms with van der Waals surface area (Å²) in [4.78, 5) is 8.11. The molecule has 0 bridgehead atoms. The van der Waals surface area contributed by atoms with Gasteiger partial charge in [0.25, 0.3) is 0 Å². The van der Waals surface area contributed by atoms with Crippen molar-refractivity contribution in [3.05, 3.63) is 40.5 Å². The number of halogens is 1. The third-order valence-corrected chi connectivity index (χ3v) is 2.56. The van der Waals surface area contributed by atoms with Crippen LogP contribution in [0.1, 0.15) is 5.56 Å². The monoisotopic (exact) mass is 294 g/mol. The normalized spacial score (nSPS) is 10.1. The Hall–Kier alpha value is -1.66. The van der Waals surface area contributed by atoms with E-state index >= 15 is 0 Å². The highest BCUT2D eigenvalue weighted by Crippen LogP contribution is 2.25. The molecule has 0 atom stereocenters. The lowest BCUT2D eigenvalue weighted by Gasteiger charge is -2.08. The van der Waals surface area contributed by atoms with E-state index < -0.39 is 0 Å². The van der Waals surface area contributed by atoms with Crippen molar-refractivity contribution < 1.29 is 4.74 Å².